The van der Waals surface area contributed by atoms with Gasteiger partial charge in [-0.1, -0.05) is 0 Å². The molecule has 4 aliphatic rings. The van der Waals surface area contributed by atoms with Crippen LogP contribution >= 0.6 is 15.6 Å². The van der Waals surface area contributed by atoms with Crippen LogP contribution in [0.5, 0.6) is 0 Å². The van der Waals surface area contributed by atoms with Crippen molar-refractivity contribution in [2.45, 2.75) is 93.7 Å². The van der Waals surface area contributed by atoms with Crippen LogP contribution in [0.1, 0.15) is 30.2 Å². The fraction of sp³-hybridized carbons (Fsp3) is 0.600. The van der Waals surface area contributed by atoms with Gasteiger partial charge >= 0.3 is 21.7 Å². The van der Waals surface area contributed by atoms with Crippen molar-refractivity contribution in [1.82, 2.24) is 30.2 Å². The molecular formula is C30H43N9O16P2. The summed E-state index contributed by atoms with van der Waals surface area (Å²) in [5.41, 5.74) is 7.27. The van der Waals surface area contributed by atoms with Crippen LogP contribution in [-0.4, -0.2) is 152 Å². The maximum absolute atomic E-state index is 12.6. The maximum atomic E-state index is 12.6. The molecule has 3 saturated heterocycles. The number of aromatic nitrogens is 4. The van der Waals surface area contributed by atoms with Gasteiger partial charge in [0.1, 0.15) is 66.4 Å². The number of rotatable bonds is 13. The smallest absolute Gasteiger partial charge is 0.388 e. The van der Waals surface area contributed by atoms with Gasteiger partial charge in [-0.15, -0.1) is 0 Å². The summed E-state index contributed by atoms with van der Waals surface area (Å²) in [7, 11) is -11.0. The molecule has 7 rings (SSSR count). The molecule has 4 unspecified atom stereocenters. The SMILES string of the molecule is Cc1cc2c(cc1C)N1[C@H](O)CC[C@]13C(O)NC(=O)NC3N2C[C@H](O)[C@H](O)[C@H](O)COP(=O)(O)OP(=O)(O)OC[C@H]1O[C@@H](n2cnc3c(N)ncnc32)[C@H](O)[C@@H]1O. The van der Waals surface area contributed by atoms with Crippen LogP contribution in [0.3, 0.4) is 0 Å². The average molecular weight is 848 g/mol. The number of nitrogens with two attached hydrogens (primary N) is 1. The van der Waals surface area contributed by atoms with E-state index in [4.69, 9.17) is 15.0 Å². The number of aliphatic hydroxyl groups is 7. The van der Waals surface area contributed by atoms with Crippen LogP contribution < -0.4 is 26.2 Å². The minimum absolute atomic E-state index is 0.0307. The predicted molar refractivity (Wildman–Crippen MR) is 191 cm³/mol. The molecule has 2 aromatic heterocycles. The third kappa shape index (κ3) is 7.47. The number of imidazole rings is 1. The second-order valence-electron chi connectivity index (χ2n) is 14.2. The van der Waals surface area contributed by atoms with E-state index in [0.29, 0.717) is 11.4 Å². The summed E-state index contributed by atoms with van der Waals surface area (Å²) in [5.74, 6) is 0.0307. The summed E-state index contributed by atoms with van der Waals surface area (Å²) in [5, 5.41) is 81.3. The number of aryl methyl sites for hydroxylation is 2. The summed E-state index contributed by atoms with van der Waals surface area (Å²) in [6.07, 6.45) is -13.0. The van der Waals surface area contributed by atoms with Crippen LogP contribution in [-0.2, 0) is 27.2 Å². The standard InChI is InChI=1S/C30H43N9O16P2/c1-12-5-14-15(6-13(12)2)39-19(42)3-4-30(39)27(35-29(47)36-28(30)46)37(14)7-16(40)21(43)17(41)8-52-56(48,49)55-57(50,51)53-9-18-22(44)23(45)26(54-18)38-11-34-20-24(31)32-10-33-25(20)38/h5-6,10-11,16-19,21-23,26-28,40-46H,3-4,7-9H2,1-2H3,(H,48,49)(H,50,51)(H2,31,32,33)(H2,35,36,47)/t16-,17+,18+,19+,21-,22+,23+,26+,27?,28?,30-/m0/s1. The highest BCUT2D eigenvalue weighted by Gasteiger charge is 2.63. The Hall–Kier alpha value is -3.62. The Kier molecular flexibility index (Phi) is 11.1. The molecule has 13 N–H and O–H groups in total. The number of hydrogen-bond donors (Lipinski definition) is 12. The first-order valence-corrected chi connectivity index (χ1v) is 20.5. The number of carbonyl (C=O) groups is 1. The normalized spacial score (nSPS) is 32.1. The number of ether oxygens (including phenoxy) is 1. The quantitative estimate of drug-likeness (QED) is 0.0768. The molecule has 2 amide bonds. The number of nitrogens with zero attached hydrogens (tertiary/aromatic N) is 6. The Bertz CT molecular complexity index is 2120. The van der Waals surface area contributed by atoms with Gasteiger partial charge in [-0.25, -0.2) is 28.9 Å². The van der Waals surface area contributed by atoms with Crippen molar-refractivity contribution >= 4 is 50.0 Å². The fourth-order valence-electron chi connectivity index (χ4n) is 7.73. The highest BCUT2D eigenvalue weighted by atomic mass is 31.3. The number of amides is 2. The van der Waals surface area contributed by atoms with Gasteiger partial charge in [0.2, 0.25) is 0 Å². The maximum Gasteiger partial charge on any atom is 0.481 e. The molecule has 0 aliphatic carbocycles. The summed E-state index contributed by atoms with van der Waals surface area (Å²) in [6.45, 7) is 0.983. The van der Waals surface area contributed by atoms with Gasteiger partial charge in [-0.05, 0) is 49.9 Å². The van der Waals surface area contributed by atoms with Crippen LogP contribution in [0.25, 0.3) is 11.2 Å². The summed E-state index contributed by atoms with van der Waals surface area (Å²) >= 11 is 0. The Morgan fingerprint density at radius 2 is 1.67 bits per heavy atom. The van der Waals surface area contributed by atoms with E-state index < -0.39 is 108 Å². The number of urea groups is 1. The first-order chi connectivity index (χ1) is 26.7. The molecule has 3 aromatic rings. The van der Waals surface area contributed by atoms with Gasteiger partial charge in [-0.3, -0.25) is 13.6 Å². The van der Waals surface area contributed by atoms with Gasteiger partial charge in [0.05, 0.1) is 30.9 Å². The molecular weight excluding hydrogens is 804 g/mol. The number of fused-ring (bicyclic) bond motifs is 3. The molecule has 314 valence electrons. The van der Waals surface area contributed by atoms with E-state index in [1.807, 2.05) is 13.8 Å². The predicted octanol–water partition coefficient (Wildman–Crippen LogP) is -2.89. The van der Waals surface area contributed by atoms with Crippen molar-refractivity contribution in [2.75, 3.05) is 35.3 Å². The third-order valence-electron chi connectivity index (χ3n) is 10.7. The van der Waals surface area contributed by atoms with Gasteiger partial charge in [0, 0.05) is 6.54 Å². The van der Waals surface area contributed by atoms with Crippen molar-refractivity contribution in [3.8, 4) is 0 Å². The fourth-order valence-corrected chi connectivity index (χ4v) is 9.83. The van der Waals surface area contributed by atoms with E-state index in [1.165, 1.54) is 15.8 Å². The first-order valence-electron chi connectivity index (χ1n) is 17.5. The van der Waals surface area contributed by atoms with E-state index in [1.54, 1.807) is 17.0 Å². The van der Waals surface area contributed by atoms with Crippen molar-refractivity contribution in [1.29, 1.82) is 0 Å². The topological polar surface area (TPSA) is 370 Å². The molecule has 0 saturated carbocycles. The number of phosphoric ester groups is 2. The minimum atomic E-state index is -5.56. The van der Waals surface area contributed by atoms with Crippen LogP contribution in [0.15, 0.2) is 24.8 Å². The van der Waals surface area contributed by atoms with E-state index >= 15 is 0 Å². The molecule has 13 atom stereocenters. The van der Waals surface area contributed by atoms with Gasteiger partial charge in [0.25, 0.3) is 0 Å². The van der Waals surface area contributed by atoms with Gasteiger partial charge in [-0.2, -0.15) is 4.31 Å². The Labute approximate surface area is 322 Å². The molecule has 1 spiro atoms. The Balaban J connectivity index is 0.974. The zero-order valence-corrected chi connectivity index (χ0v) is 31.9. The molecule has 27 heteroatoms. The molecule has 0 radical (unpaired) electrons. The molecule has 6 heterocycles. The Morgan fingerprint density at radius 1 is 0.982 bits per heavy atom. The van der Waals surface area contributed by atoms with Crippen molar-refractivity contribution in [3.63, 3.8) is 0 Å². The lowest BCUT2D eigenvalue weighted by Gasteiger charge is -2.59. The molecule has 3 fully saturated rings. The largest absolute Gasteiger partial charge is 0.481 e. The van der Waals surface area contributed by atoms with E-state index in [-0.39, 0.29) is 29.8 Å². The summed E-state index contributed by atoms with van der Waals surface area (Å²) in [4.78, 5) is 48.0. The summed E-state index contributed by atoms with van der Waals surface area (Å²) < 4.78 is 45.8. The number of nitrogen functional groups attached to an aromatic ring is 1. The third-order valence-corrected chi connectivity index (χ3v) is 13.3. The molecule has 25 nitrogen and oxygen atoms in total. The number of carbonyl (C=O) groups excluding carboxylic acids is 1. The zero-order valence-electron chi connectivity index (χ0n) is 30.2. The lowest BCUT2D eigenvalue weighted by Crippen LogP contribution is -2.81. The highest BCUT2D eigenvalue weighted by Crippen LogP contribution is 2.61. The average Bonchev–Trinajstić information content (AvgIpc) is 3.81. The van der Waals surface area contributed by atoms with Crippen LogP contribution in [0.2, 0.25) is 0 Å². The number of aliphatic hydroxyl groups excluding tert-OH is 7. The van der Waals surface area contributed by atoms with Gasteiger partial charge in [0.15, 0.2) is 23.9 Å². The lowest BCUT2D eigenvalue weighted by molar-refractivity contribution is -0.0743. The second kappa shape index (κ2) is 15.2. The number of benzene rings is 1. The summed E-state index contributed by atoms with van der Waals surface area (Å²) in [6, 6.07) is 2.77. The van der Waals surface area contributed by atoms with Gasteiger partial charge < -0.3 is 76.4 Å². The highest BCUT2D eigenvalue weighted by molar-refractivity contribution is 7.61. The van der Waals surface area contributed by atoms with E-state index in [2.05, 4.69) is 34.4 Å². The number of nitrogens with one attached hydrogen (secondary N) is 2. The number of anilines is 3. The number of β-amino-alcohol motifs (C(OH)–C–C–N with tert-alkyl or cyclic N) is 1. The zero-order chi connectivity index (χ0) is 41.4. The lowest BCUT2D eigenvalue weighted by atomic mass is 9.83. The van der Waals surface area contributed by atoms with Crippen molar-refractivity contribution in [3.05, 3.63) is 35.9 Å². The monoisotopic (exact) mass is 847 g/mol. The Morgan fingerprint density at radius 3 is 2.39 bits per heavy atom. The van der Waals surface area contributed by atoms with E-state index in [9.17, 15) is 59.5 Å². The molecule has 1 aromatic carbocycles. The van der Waals surface area contributed by atoms with E-state index in [0.717, 1.165) is 17.5 Å². The van der Waals surface area contributed by atoms with Crippen molar-refractivity contribution < 1.29 is 77.6 Å². The molecule has 0 bridgehead atoms. The minimum Gasteiger partial charge on any atom is -0.388 e. The number of hydrogen-bond acceptors (Lipinski definition) is 20. The van der Waals surface area contributed by atoms with Crippen molar-refractivity contribution in [2.24, 2.45) is 0 Å². The van der Waals surface area contributed by atoms with Crippen LogP contribution in [0, 0.1) is 13.8 Å². The molecule has 4 aliphatic heterocycles. The van der Waals surface area contributed by atoms with Crippen LogP contribution in [0.4, 0.5) is 22.0 Å². The molecule has 57 heavy (non-hydrogen) atoms. The first kappa shape index (κ1) is 41.5. The number of phosphoric acid groups is 2. The second-order valence-corrected chi connectivity index (χ2v) is 17.3.